The fourth-order valence-corrected chi connectivity index (χ4v) is 6.39. The van der Waals surface area contributed by atoms with Crippen molar-refractivity contribution >= 4 is 54.2 Å². The molecule has 4 rings (SSSR count). The van der Waals surface area contributed by atoms with Gasteiger partial charge in [0.25, 0.3) is 5.91 Å². The minimum atomic E-state index is -3.62. The fourth-order valence-electron chi connectivity index (χ4n) is 3.76. The van der Waals surface area contributed by atoms with Crippen molar-refractivity contribution in [2.75, 3.05) is 18.5 Å². The van der Waals surface area contributed by atoms with E-state index in [2.05, 4.69) is 4.98 Å². The highest BCUT2D eigenvalue weighted by atomic mass is 35.5. The minimum Gasteiger partial charge on any atom is -0.279 e. The second-order valence-electron chi connectivity index (χ2n) is 8.52. The van der Waals surface area contributed by atoms with E-state index in [9.17, 15) is 13.2 Å². The van der Waals surface area contributed by atoms with Crippen LogP contribution in [0.5, 0.6) is 0 Å². The molecule has 0 aliphatic heterocycles. The summed E-state index contributed by atoms with van der Waals surface area (Å²) in [4.78, 5) is 24.4. The van der Waals surface area contributed by atoms with Gasteiger partial charge in [0.05, 0.1) is 21.7 Å². The van der Waals surface area contributed by atoms with Gasteiger partial charge in [-0.15, -0.1) is 0 Å². The van der Waals surface area contributed by atoms with E-state index in [1.165, 1.54) is 27.8 Å². The maximum absolute atomic E-state index is 13.7. The largest absolute Gasteiger partial charge is 0.279 e. The molecular weight excluding hydrogens is 516 g/mol. The smallest absolute Gasteiger partial charge is 0.260 e. The minimum absolute atomic E-state index is 0.154. The number of benzene rings is 2. The van der Waals surface area contributed by atoms with Crippen LogP contribution in [0.4, 0.5) is 5.13 Å². The van der Waals surface area contributed by atoms with Gasteiger partial charge in [-0.05, 0) is 66.9 Å². The Bertz CT molecular complexity index is 1470. The number of nitrogens with zero attached hydrogens (tertiary/aromatic N) is 4. The van der Waals surface area contributed by atoms with Crippen molar-refractivity contribution in [2.45, 2.75) is 38.1 Å². The van der Waals surface area contributed by atoms with Crippen LogP contribution in [0.1, 0.15) is 41.3 Å². The number of aryl methyl sites for hydroxylation is 1. The van der Waals surface area contributed by atoms with Gasteiger partial charge in [-0.2, -0.15) is 0 Å². The normalized spacial score (nSPS) is 11.8. The number of fused-ring (bicyclic) bond motifs is 1. The number of carbonyl (C=O) groups is 1. The van der Waals surface area contributed by atoms with Crippen molar-refractivity contribution in [2.24, 2.45) is 0 Å². The van der Waals surface area contributed by atoms with Crippen molar-refractivity contribution in [1.82, 2.24) is 14.3 Å². The van der Waals surface area contributed by atoms with E-state index in [0.29, 0.717) is 22.3 Å². The number of thiazole rings is 1. The van der Waals surface area contributed by atoms with Gasteiger partial charge in [0, 0.05) is 36.6 Å². The summed E-state index contributed by atoms with van der Waals surface area (Å²) in [6.45, 7) is 4.65. The number of halogens is 1. The van der Waals surface area contributed by atoms with Crippen molar-refractivity contribution in [3.63, 3.8) is 0 Å². The van der Waals surface area contributed by atoms with Gasteiger partial charge >= 0.3 is 0 Å². The third-order valence-electron chi connectivity index (χ3n) is 5.81. The number of pyridine rings is 1. The number of amides is 1. The molecule has 0 fully saturated rings. The molecule has 36 heavy (non-hydrogen) atoms. The third kappa shape index (κ3) is 5.59. The monoisotopic (exact) mass is 542 g/mol. The first kappa shape index (κ1) is 26.2. The van der Waals surface area contributed by atoms with E-state index in [1.54, 1.807) is 36.5 Å². The summed E-state index contributed by atoms with van der Waals surface area (Å²) in [6.07, 6.45) is 5.06. The van der Waals surface area contributed by atoms with Crippen molar-refractivity contribution < 1.29 is 13.2 Å². The zero-order chi connectivity index (χ0) is 25.9. The van der Waals surface area contributed by atoms with Crippen LogP contribution < -0.4 is 4.90 Å². The second kappa shape index (κ2) is 11.0. The average molecular weight is 543 g/mol. The Morgan fingerprint density at radius 3 is 2.56 bits per heavy atom. The number of aromatic nitrogens is 2. The zero-order valence-electron chi connectivity index (χ0n) is 20.3. The zero-order valence-corrected chi connectivity index (χ0v) is 22.7. The van der Waals surface area contributed by atoms with Gasteiger partial charge in [0.1, 0.15) is 0 Å². The molecule has 0 saturated heterocycles. The number of unbranched alkanes of at least 4 members (excludes halogenated alkanes) is 1. The quantitative estimate of drug-likeness (QED) is 0.262. The van der Waals surface area contributed by atoms with E-state index in [0.717, 1.165) is 34.2 Å². The van der Waals surface area contributed by atoms with Gasteiger partial charge in [0.2, 0.25) is 10.0 Å². The van der Waals surface area contributed by atoms with Gasteiger partial charge < -0.3 is 0 Å². The highest BCUT2D eigenvalue weighted by Crippen LogP contribution is 2.34. The van der Waals surface area contributed by atoms with Crippen LogP contribution in [0.15, 0.2) is 65.8 Å². The maximum Gasteiger partial charge on any atom is 0.260 e. The molecule has 0 bridgehead atoms. The van der Waals surface area contributed by atoms with E-state index >= 15 is 0 Å². The molecular formula is C26H27ClN4O3S2. The molecule has 0 saturated carbocycles. The summed E-state index contributed by atoms with van der Waals surface area (Å²) in [7, 11) is -2.05. The summed E-state index contributed by atoms with van der Waals surface area (Å²) >= 11 is 7.62. The van der Waals surface area contributed by atoms with Gasteiger partial charge in [-0.3, -0.25) is 14.7 Å². The highest BCUT2D eigenvalue weighted by Gasteiger charge is 2.25. The Balaban J connectivity index is 1.68. The lowest BCUT2D eigenvalue weighted by molar-refractivity contribution is 0.0985. The number of hydrogen-bond acceptors (Lipinski definition) is 6. The summed E-state index contributed by atoms with van der Waals surface area (Å²) in [6, 6.07) is 13.5. The summed E-state index contributed by atoms with van der Waals surface area (Å²) < 4.78 is 28.0. The van der Waals surface area contributed by atoms with Crippen LogP contribution in [0.25, 0.3) is 10.2 Å². The maximum atomic E-state index is 13.7. The SMILES string of the molecule is CCCCN(C)S(=O)(=O)c1ccc(C(=O)N(Cc2cccnc2)c2nc3c(C)cc(Cl)cc3s2)cc1. The molecule has 0 aliphatic rings. The predicted molar refractivity (Wildman–Crippen MR) is 145 cm³/mol. The van der Waals surface area contributed by atoms with Crippen LogP contribution in [0, 0.1) is 6.92 Å². The lowest BCUT2D eigenvalue weighted by Crippen LogP contribution is -2.31. The lowest BCUT2D eigenvalue weighted by atomic mass is 10.2. The molecule has 0 unspecified atom stereocenters. The molecule has 0 atom stereocenters. The molecule has 4 aromatic rings. The Labute approximate surface area is 220 Å². The highest BCUT2D eigenvalue weighted by molar-refractivity contribution is 7.89. The van der Waals surface area contributed by atoms with Crippen molar-refractivity contribution in [3.8, 4) is 0 Å². The molecule has 10 heteroatoms. The standard InChI is InChI=1S/C26H27ClN4O3S2/c1-4-5-13-30(3)36(33,34)22-10-8-20(9-11-22)25(32)31(17-19-7-6-12-28-16-19)26-29-24-18(2)14-21(27)15-23(24)35-26/h6-12,14-16H,4-5,13,17H2,1-3H3. The second-order valence-corrected chi connectivity index (χ2v) is 12.0. The predicted octanol–water partition coefficient (Wildman–Crippen LogP) is 5.92. The Morgan fingerprint density at radius 2 is 1.89 bits per heavy atom. The van der Waals surface area contributed by atoms with E-state index < -0.39 is 10.0 Å². The number of anilines is 1. The van der Waals surface area contributed by atoms with E-state index in [-0.39, 0.29) is 17.3 Å². The molecule has 2 heterocycles. The molecule has 2 aromatic heterocycles. The van der Waals surface area contributed by atoms with Crippen LogP contribution in [-0.2, 0) is 16.6 Å². The van der Waals surface area contributed by atoms with Gasteiger partial charge in [-0.1, -0.05) is 42.3 Å². The molecule has 0 N–H and O–H groups in total. The van der Waals surface area contributed by atoms with E-state index in [4.69, 9.17) is 16.6 Å². The number of sulfonamides is 1. The molecule has 0 aliphatic carbocycles. The summed E-state index contributed by atoms with van der Waals surface area (Å²) in [5, 5.41) is 1.14. The summed E-state index contributed by atoms with van der Waals surface area (Å²) in [5.74, 6) is -0.287. The third-order valence-corrected chi connectivity index (χ3v) is 8.93. The molecule has 0 radical (unpaired) electrons. The Hall–Kier alpha value is -2.85. The number of carbonyl (C=O) groups excluding carboxylic acids is 1. The topological polar surface area (TPSA) is 83.5 Å². The van der Waals surface area contributed by atoms with Crippen LogP contribution in [-0.4, -0.2) is 42.2 Å². The number of hydrogen-bond donors (Lipinski definition) is 0. The van der Waals surface area contributed by atoms with Gasteiger partial charge in [0.15, 0.2) is 5.13 Å². The molecule has 1 amide bonds. The fraction of sp³-hybridized carbons (Fsp3) is 0.269. The molecule has 2 aromatic carbocycles. The molecule has 7 nitrogen and oxygen atoms in total. The first-order valence-electron chi connectivity index (χ1n) is 11.5. The number of rotatable bonds is 9. The molecule has 0 spiro atoms. The van der Waals surface area contributed by atoms with Crippen molar-refractivity contribution in [1.29, 1.82) is 0 Å². The lowest BCUT2D eigenvalue weighted by Gasteiger charge is -2.20. The van der Waals surface area contributed by atoms with Gasteiger partial charge in [-0.25, -0.2) is 17.7 Å². The van der Waals surface area contributed by atoms with Crippen molar-refractivity contribution in [3.05, 3.63) is 82.6 Å². The first-order valence-corrected chi connectivity index (χ1v) is 14.2. The summed E-state index contributed by atoms with van der Waals surface area (Å²) in [5.41, 5.74) is 2.93. The molecule has 188 valence electrons. The van der Waals surface area contributed by atoms with Crippen LogP contribution in [0.2, 0.25) is 5.02 Å². The Kier molecular flexibility index (Phi) is 8.04. The van der Waals surface area contributed by atoms with E-state index in [1.807, 2.05) is 38.1 Å². The average Bonchev–Trinajstić information content (AvgIpc) is 3.30. The van der Waals surface area contributed by atoms with Crippen LogP contribution in [0.3, 0.4) is 0 Å². The Morgan fingerprint density at radius 1 is 1.14 bits per heavy atom. The first-order chi connectivity index (χ1) is 17.2. The van der Waals surface area contributed by atoms with Crippen LogP contribution >= 0.6 is 22.9 Å².